The number of hydrogen-bond acceptors (Lipinski definition) is 8. The van der Waals surface area contributed by atoms with Crippen LogP contribution in [0, 0.1) is 0 Å². The molecule has 3 aromatic heterocycles. The number of hydrogen-bond donors (Lipinski definition) is 0. The van der Waals surface area contributed by atoms with E-state index in [2.05, 4.69) is 39.7 Å². The van der Waals surface area contributed by atoms with Gasteiger partial charge in [-0.1, -0.05) is 0 Å². The Labute approximate surface area is 157 Å². The maximum Gasteiger partial charge on any atom is 0.225 e. The molecule has 2 saturated heterocycles. The molecule has 5 rings (SSSR count). The van der Waals surface area contributed by atoms with E-state index in [9.17, 15) is 0 Å². The second-order valence-corrected chi connectivity index (χ2v) is 6.82. The van der Waals surface area contributed by atoms with Crippen molar-refractivity contribution in [3.8, 4) is 5.82 Å². The van der Waals surface area contributed by atoms with Crippen LogP contribution in [0.4, 0.5) is 11.8 Å². The van der Waals surface area contributed by atoms with Gasteiger partial charge in [-0.25, -0.2) is 19.6 Å². The van der Waals surface area contributed by atoms with Crippen molar-refractivity contribution in [1.29, 1.82) is 0 Å². The molecule has 0 bridgehead atoms. The first-order valence-corrected chi connectivity index (χ1v) is 9.20. The van der Waals surface area contributed by atoms with Crippen LogP contribution < -0.4 is 9.80 Å². The number of nitrogens with zero attached hydrogens (tertiary/aromatic N) is 9. The summed E-state index contributed by atoms with van der Waals surface area (Å²) >= 11 is 0. The number of anilines is 2. The van der Waals surface area contributed by atoms with Crippen molar-refractivity contribution in [2.24, 2.45) is 0 Å². The van der Waals surface area contributed by atoms with E-state index >= 15 is 0 Å². The van der Waals surface area contributed by atoms with E-state index in [4.69, 9.17) is 0 Å². The quantitative estimate of drug-likeness (QED) is 0.662. The third kappa shape index (κ3) is 3.21. The minimum atomic E-state index is 0.569. The molecule has 9 nitrogen and oxygen atoms in total. The van der Waals surface area contributed by atoms with Crippen LogP contribution in [0.2, 0.25) is 0 Å². The molecule has 2 fully saturated rings. The fraction of sp³-hybridized carbons (Fsp3) is 0.389. The van der Waals surface area contributed by atoms with Gasteiger partial charge in [0.1, 0.15) is 5.82 Å². The van der Waals surface area contributed by atoms with Crippen molar-refractivity contribution in [3.63, 3.8) is 0 Å². The number of piperazine rings is 1. The lowest BCUT2D eigenvalue weighted by Crippen LogP contribution is -2.63. The average molecular weight is 363 g/mol. The van der Waals surface area contributed by atoms with Crippen LogP contribution in [-0.2, 0) is 0 Å². The van der Waals surface area contributed by atoms with Crippen molar-refractivity contribution in [1.82, 2.24) is 34.6 Å². The van der Waals surface area contributed by atoms with Crippen molar-refractivity contribution in [3.05, 3.63) is 49.3 Å². The maximum absolute atomic E-state index is 4.69. The van der Waals surface area contributed by atoms with E-state index in [1.54, 1.807) is 29.5 Å². The van der Waals surface area contributed by atoms with Gasteiger partial charge in [0.05, 0.1) is 12.4 Å². The lowest BCUT2D eigenvalue weighted by Gasteiger charge is -2.48. The van der Waals surface area contributed by atoms with Crippen LogP contribution in [0.1, 0.15) is 0 Å². The summed E-state index contributed by atoms with van der Waals surface area (Å²) in [5.74, 6) is 2.49. The van der Waals surface area contributed by atoms with Gasteiger partial charge < -0.3 is 9.80 Å². The second-order valence-electron chi connectivity index (χ2n) is 6.82. The Balaban J connectivity index is 1.17. The fourth-order valence-electron chi connectivity index (χ4n) is 3.63. The SMILES string of the molecule is c1cnc(N2CCN(C3CN(c4cncc(-n5cccn5)n4)C3)CC2)nc1. The molecule has 5 heterocycles. The first-order chi connectivity index (χ1) is 13.4. The van der Waals surface area contributed by atoms with Gasteiger partial charge >= 0.3 is 0 Å². The summed E-state index contributed by atoms with van der Waals surface area (Å²) < 4.78 is 1.73. The van der Waals surface area contributed by atoms with Gasteiger partial charge in [0.15, 0.2) is 5.82 Å². The average Bonchev–Trinajstić information content (AvgIpc) is 3.23. The molecule has 3 aromatic rings. The fourth-order valence-corrected chi connectivity index (χ4v) is 3.63. The van der Waals surface area contributed by atoms with Crippen LogP contribution in [-0.4, -0.2) is 79.9 Å². The molecule has 0 atom stereocenters. The molecule has 0 radical (unpaired) electrons. The Morgan fingerprint density at radius 3 is 2.33 bits per heavy atom. The largest absolute Gasteiger partial charge is 0.352 e. The van der Waals surface area contributed by atoms with Gasteiger partial charge in [-0.2, -0.15) is 5.10 Å². The summed E-state index contributed by atoms with van der Waals surface area (Å²) in [6.45, 7) is 5.98. The highest BCUT2D eigenvalue weighted by Crippen LogP contribution is 2.23. The first kappa shape index (κ1) is 16.1. The van der Waals surface area contributed by atoms with E-state index in [1.807, 2.05) is 24.5 Å². The molecule has 0 N–H and O–H groups in total. The van der Waals surface area contributed by atoms with E-state index in [-0.39, 0.29) is 0 Å². The molecule has 9 heteroatoms. The van der Waals surface area contributed by atoms with E-state index in [0.29, 0.717) is 6.04 Å². The summed E-state index contributed by atoms with van der Waals surface area (Å²) in [5.41, 5.74) is 0. The van der Waals surface area contributed by atoms with E-state index in [1.165, 1.54) is 0 Å². The Morgan fingerprint density at radius 1 is 0.815 bits per heavy atom. The monoisotopic (exact) mass is 363 g/mol. The summed E-state index contributed by atoms with van der Waals surface area (Å²) in [5, 5.41) is 4.22. The Kier molecular flexibility index (Phi) is 4.13. The molecule has 138 valence electrons. The zero-order valence-electron chi connectivity index (χ0n) is 15.0. The summed E-state index contributed by atoms with van der Waals surface area (Å²) in [7, 11) is 0. The van der Waals surface area contributed by atoms with Gasteiger partial charge in [0.25, 0.3) is 0 Å². The molecular weight excluding hydrogens is 342 g/mol. The van der Waals surface area contributed by atoms with Crippen LogP contribution in [0.25, 0.3) is 5.82 Å². The van der Waals surface area contributed by atoms with Crippen molar-refractivity contribution < 1.29 is 0 Å². The third-order valence-electron chi connectivity index (χ3n) is 5.20. The van der Waals surface area contributed by atoms with Crippen molar-refractivity contribution >= 4 is 11.8 Å². The zero-order valence-corrected chi connectivity index (χ0v) is 15.0. The summed E-state index contributed by atoms with van der Waals surface area (Å²) in [4.78, 5) is 24.8. The van der Waals surface area contributed by atoms with Crippen molar-refractivity contribution in [2.45, 2.75) is 6.04 Å². The van der Waals surface area contributed by atoms with Crippen LogP contribution in [0.15, 0.2) is 49.3 Å². The minimum Gasteiger partial charge on any atom is -0.352 e. The van der Waals surface area contributed by atoms with Crippen LogP contribution in [0.5, 0.6) is 0 Å². The van der Waals surface area contributed by atoms with Gasteiger partial charge in [-0.15, -0.1) is 0 Å². The van der Waals surface area contributed by atoms with Gasteiger partial charge in [-0.05, 0) is 12.1 Å². The molecule has 0 aliphatic carbocycles. The van der Waals surface area contributed by atoms with E-state index < -0.39 is 0 Å². The zero-order chi connectivity index (χ0) is 18.1. The molecule has 0 unspecified atom stereocenters. The minimum absolute atomic E-state index is 0.569. The van der Waals surface area contributed by atoms with Gasteiger partial charge in [-0.3, -0.25) is 9.88 Å². The predicted molar refractivity (Wildman–Crippen MR) is 101 cm³/mol. The normalized spacial score (nSPS) is 18.5. The second kappa shape index (κ2) is 6.92. The topological polar surface area (TPSA) is 79.1 Å². The van der Waals surface area contributed by atoms with Gasteiger partial charge in [0.2, 0.25) is 5.95 Å². The lowest BCUT2D eigenvalue weighted by molar-refractivity contribution is 0.156. The highest BCUT2D eigenvalue weighted by Gasteiger charge is 2.34. The Bertz CT molecular complexity index is 869. The lowest BCUT2D eigenvalue weighted by atomic mass is 10.1. The number of rotatable bonds is 4. The molecule has 2 aliphatic rings. The predicted octanol–water partition coefficient (Wildman–Crippen LogP) is 0.463. The van der Waals surface area contributed by atoms with Crippen LogP contribution >= 0.6 is 0 Å². The molecule has 2 aliphatic heterocycles. The molecule has 0 saturated carbocycles. The first-order valence-electron chi connectivity index (χ1n) is 9.20. The standard InChI is InChI=1S/C18H21N9/c1-3-20-18(21-4-1)25-9-7-24(8-10-25)15-13-26(14-15)16-11-19-12-17(23-16)27-6-2-5-22-27/h1-6,11-12,15H,7-10,13-14H2. The van der Waals surface area contributed by atoms with Gasteiger partial charge in [0, 0.05) is 70.1 Å². The maximum atomic E-state index is 4.69. The highest BCUT2D eigenvalue weighted by atomic mass is 15.4. The summed E-state index contributed by atoms with van der Waals surface area (Å²) in [6, 6.07) is 4.31. The van der Waals surface area contributed by atoms with Crippen LogP contribution in [0.3, 0.4) is 0 Å². The Hall–Kier alpha value is -3.07. The molecular formula is C18H21N9. The molecule has 0 spiro atoms. The molecule has 0 aromatic carbocycles. The Morgan fingerprint density at radius 2 is 1.59 bits per heavy atom. The highest BCUT2D eigenvalue weighted by molar-refractivity contribution is 5.43. The number of aromatic nitrogens is 6. The summed E-state index contributed by atoms with van der Waals surface area (Å²) in [6.07, 6.45) is 10.8. The van der Waals surface area contributed by atoms with Crippen molar-refractivity contribution in [2.75, 3.05) is 49.1 Å². The molecule has 27 heavy (non-hydrogen) atoms. The third-order valence-corrected chi connectivity index (χ3v) is 5.20. The van der Waals surface area contributed by atoms with E-state index in [0.717, 1.165) is 56.9 Å². The smallest absolute Gasteiger partial charge is 0.225 e. The molecule has 0 amide bonds.